The van der Waals surface area contributed by atoms with E-state index < -0.39 is 0 Å². The van der Waals surface area contributed by atoms with E-state index in [2.05, 4.69) is 9.97 Å². The van der Waals surface area contributed by atoms with Crippen LogP contribution in [-0.4, -0.2) is 16.6 Å². The first-order valence-corrected chi connectivity index (χ1v) is 5.69. The van der Waals surface area contributed by atoms with Crippen LogP contribution in [0.25, 0.3) is 0 Å². The Kier molecular flexibility index (Phi) is 3.62. The SMILES string of the molecule is CCOc1ncnc(Oc2ccccc2N)c1C. The fourth-order valence-corrected chi connectivity index (χ4v) is 1.48. The molecule has 0 aliphatic rings. The van der Waals surface area contributed by atoms with E-state index in [9.17, 15) is 0 Å². The van der Waals surface area contributed by atoms with Crippen LogP contribution in [0.3, 0.4) is 0 Å². The summed E-state index contributed by atoms with van der Waals surface area (Å²) in [5, 5.41) is 0. The summed E-state index contributed by atoms with van der Waals surface area (Å²) in [6.07, 6.45) is 1.41. The van der Waals surface area contributed by atoms with E-state index >= 15 is 0 Å². The van der Waals surface area contributed by atoms with Crippen molar-refractivity contribution >= 4 is 5.69 Å². The van der Waals surface area contributed by atoms with Crippen LogP contribution in [0.4, 0.5) is 5.69 Å². The maximum Gasteiger partial charge on any atom is 0.229 e. The summed E-state index contributed by atoms with van der Waals surface area (Å²) in [6, 6.07) is 7.26. The number of hydrogen-bond donors (Lipinski definition) is 1. The van der Waals surface area contributed by atoms with Crippen molar-refractivity contribution in [3.05, 3.63) is 36.2 Å². The highest BCUT2D eigenvalue weighted by molar-refractivity contribution is 5.53. The topological polar surface area (TPSA) is 70.3 Å². The van der Waals surface area contributed by atoms with Crippen molar-refractivity contribution in [2.45, 2.75) is 13.8 Å². The van der Waals surface area contributed by atoms with Gasteiger partial charge in [-0.2, -0.15) is 0 Å². The molecule has 0 radical (unpaired) electrons. The molecule has 1 heterocycles. The molecule has 0 spiro atoms. The van der Waals surface area contributed by atoms with Crippen molar-refractivity contribution in [1.82, 2.24) is 9.97 Å². The predicted molar refractivity (Wildman–Crippen MR) is 68.9 cm³/mol. The Labute approximate surface area is 106 Å². The van der Waals surface area contributed by atoms with Crippen molar-refractivity contribution in [1.29, 1.82) is 0 Å². The predicted octanol–water partition coefficient (Wildman–Crippen LogP) is 2.56. The van der Waals surface area contributed by atoms with Crippen molar-refractivity contribution in [2.24, 2.45) is 0 Å². The fourth-order valence-electron chi connectivity index (χ4n) is 1.48. The maximum atomic E-state index is 5.82. The van der Waals surface area contributed by atoms with Gasteiger partial charge in [0.25, 0.3) is 0 Å². The number of benzene rings is 1. The summed E-state index contributed by atoms with van der Waals surface area (Å²) >= 11 is 0. The lowest BCUT2D eigenvalue weighted by atomic mass is 10.3. The Morgan fingerprint density at radius 1 is 1.17 bits per heavy atom. The summed E-state index contributed by atoms with van der Waals surface area (Å²) in [4.78, 5) is 8.14. The van der Waals surface area contributed by atoms with Crippen LogP contribution in [-0.2, 0) is 0 Å². The lowest BCUT2D eigenvalue weighted by Gasteiger charge is -2.11. The van der Waals surface area contributed by atoms with Gasteiger partial charge in [-0.25, -0.2) is 9.97 Å². The first-order chi connectivity index (χ1) is 8.72. The van der Waals surface area contributed by atoms with Crippen LogP contribution in [0.1, 0.15) is 12.5 Å². The number of hydrogen-bond acceptors (Lipinski definition) is 5. The summed E-state index contributed by atoms with van der Waals surface area (Å²) in [5.74, 6) is 1.55. The van der Waals surface area contributed by atoms with Gasteiger partial charge in [0.1, 0.15) is 6.33 Å². The average Bonchev–Trinajstić information content (AvgIpc) is 2.37. The summed E-state index contributed by atoms with van der Waals surface area (Å²) in [5.41, 5.74) is 7.13. The molecule has 5 nitrogen and oxygen atoms in total. The highest BCUT2D eigenvalue weighted by atomic mass is 16.5. The molecule has 0 bridgehead atoms. The fraction of sp³-hybridized carbons (Fsp3) is 0.231. The first kappa shape index (κ1) is 12.2. The Balaban J connectivity index is 2.30. The summed E-state index contributed by atoms with van der Waals surface area (Å²) in [7, 11) is 0. The molecule has 2 N–H and O–H groups in total. The number of nitrogens with two attached hydrogens (primary N) is 1. The number of rotatable bonds is 4. The molecule has 18 heavy (non-hydrogen) atoms. The third-order valence-electron chi connectivity index (χ3n) is 2.40. The molecular formula is C13H15N3O2. The van der Waals surface area contributed by atoms with Crippen LogP contribution in [0.2, 0.25) is 0 Å². The number of nitrogen functional groups attached to an aromatic ring is 1. The van der Waals surface area contributed by atoms with E-state index in [1.165, 1.54) is 6.33 Å². The van der Waals surface area contributed by atoms with Gasteiger partial charge in [-0.3, -0.25) is 0 Å². The Bertz CT molecular complexity index is 544. The standard InChI is InChI=1S/C13H15N3O2/c1-3-17-12-9(2)13(16-8-15-12)18-11-7-5-4-6-10(11)14/h4-8H,3,14H2,1-2H3. The normalized spacial score (nSPS) is 10.1. The van der Waals surface area contributed by atoms with Crippen LogP contribution in [0.15, 0.2) is 30.6 Å². The minimum absolute atomic E-state index is 0.450. The Morgan fingerprint density at radius 3 is 2.61 bits per heavy atom. The van der Waals surface area contributed by atoms with Gasteiger partial charge < -0.3 is 15.2 Å². The molecule has 1 aromatic heterocycles. The van der Waals surface area contributed by atoms with Crippen molar-refractivity contribution in [3.8, 4) is 17.5 Å². The molecule has 0 unspecified atom stereocenters. The number of aromatic nitrogens is 2. The van der Waals surface area contributed by atoms with E-state index in [0.29, 0.717) is 29.8 Å². The average molecular weight is 245 g/mol. The third-order valence-corrected chi connectivity index (χ3v) is 2.40. The molecule has 94 valence electrons. The second kappa shape index (κ2) is 5.35. The van der Waals surface area contributed by atoms with Gasteiger partial charge in [0.05, 0.1) is 17.9 Å². The first-order valence-electron chi connectivity index (χ1n) is 5.69. The van der Waals surface area contributed by atoms with Gasteiger partial charge in [-0.05, 0) is 26.0 Å². The second-order valence-corrected chi connectivity index (χ2v) is 3.68. The van der Waals surface area contributed by atoms with Crippen LogP contribution in [0, 0.1) is 6.92 Å². The van der Waals surface area contributed by atoms with Crippen LogP contribution < -0.4 is 15.2 Å². The van der Waals surface area contributed by atoms with E-state index in [1.807, 2.05) is 26.0 Å². The molecule has 0 atom stereocenters. The quantitative estimate of drug-likeness (QED) is 0.838. The molecule has 0 saturated carbocycles. The van der Waals surface area contributed by atoms with Gasteiger partial charge in [0.2, 0.25) is 11.8 Å². The van der Waals surface area contributed by atoms with Crippen LogP contribution >= 0.6 is 0 Å². The minimum atomic E-state index is 0.450. The van der Waals surface area contributed by atoms with Gasteiger partial charge in [-0.15, -0.1) is 0 Å². The highest BCUT2D eigenvalue weighted by Gasteiger charge is 2.10. The van der Waals surface area contributed by atoms with Gasteiger partial charge in [0, 0.05) is 0 Å². The molecule has 2 rings (SSSR count). The lowest BCUT2D eigenvalue weighted by molar-refractivity contribution is 0.319. The molecule has 0 aliphatic heterocycles. The number of ether oxygens (including phenoxy) is 2. The van der Waals surface area contributed by atoms with E-state index in [4.69, 9.17) is 15.2 Å². The molecule has 0 amide bonds. The largest absolute Gasteiger partial charge is 0.478 e. The zero-order valence-corrected chi connectivity index (χ0v) is 10.4. The highest BCUT2D eigenvalue weighted by Crippen LogP contribution is 2.30. The minimum Gasteiger partial charge on any atom is -0.478 e. The monoisotopic (exact) mass is 245 g/mol. The van der Waals surface area contributed by atoms with Gasteiger partial charge in [-0.1, -0.05) is 12.1 Å². The van der Waals surface area contributed by atoms with Crippen molar-refractivity contribution in [3.63, 3.8) is 0 Å². The van der Waals surface area contributed by atoms with E-state index in [0.717, 1.165) is 5.56 Å². The number of anilines is 1. The maximum absolute atomic E-state index is 5.82. The van der Waals surface area contributed by atoms with E-state index in [1.54, 1.807) is 12.1 Å². The molecule has 1 aromatic carbocycles. The van der Waals surface area contributed by atoms with E-state index in [-0.39, 0.29) is 0 Å². The molecule has 5 heteroatoms. The van der Waals surface area contributed by atoms with Crippen molar-refractivity contribution < 1.29 is 9.47 Å². The van der Waals surface area contributed by atoms with Gasteiger partial charge in [0.15, 0.2) is 5.75 Å². The number of nitrogens with zero attached hydrogens (tertiary/aromatic N) is 2. The molecule has 0 aliphatic carbocycles. The Morgan fingerprint density at radius 2 is 1.89 bits per heavy atom. The molecule has 0 saturated heterocycles. The molecule has 2 aromatic rings. The van der Waals surface area contributed by atoms with Crippen LogP contribution in [0.5, 0.6) is 17.5 Å². The zero-order valence-electron chi connectivity index (χ0n) is 10.4. The van der Waals surface area contributed by atoms with Gasteiger partial charge >= 0.3 is 0 Å². The summed E-state index contributed by atoms with van der Waals surface area (Å²) in [6.45, 7) is 4.29. The summed E-state index contributed by atoms with van der Waals surface area (Å²) < 4.78 is 11.1. The zero-order chi connectivity index (χ0) is 13.0. The van der Waals surface area contributed by atoms with Crippen molar-refractivity contribution in [2.75, 3.05) is 12.3 Å². The lowest BCUT2D eigenvalue weighted by Crippen LogP contribution is -2.01. The molecular weight excluding hydrogens is 230 g/mol. The smallest absolute Gasteiger partial charge is 0.229 e. The number of para-hydroxylation sites is 2. The second-order valence-electron chi connectivity index (χ2n) is 3.68. The third kappa shape index (κ3) is 2.51. The molecule has 0 fully saturated rings. The Hall–Kier alpha value is -2.30.